The van der Waals surface area contributed by atoms with Gasteiger partial charge >= 0.3 is 0 Å². The molecule has 4 amide bonds. The largest absolute Gasteiger partial charge is 0.548 e. The first-order chi connectivity index (χ1) is 36.1. The van der Waals surface area contributed by atoms with Gasteiger partial charge in [-0.15, -0.1) is 0 Å². The Morgan fingerprint density at radius 3 is 1.38 bits per heavy atom. The van der Waals surface area contributed by atoms with Crippen LogP contribution in [0.3, 0.4) is 0 Å². The summed E-state index contributed by atoms with van der Waals surface area (Å²) in [5.41, 5.74) is 3.97. The van der Waals surface area contributed by atoms with Crippen LogP contribution in [0.5, 0.6) is 0 Å². The maximum atomic E-state index is 13.7. The molecule has 25 nitrogen and oxygen atoms in total. The van der Waals surface area contributed by atoms with Gasteiger partial charge in [0.1, 0.15) is 42.7 Å². The molecule has 2 rings (SSSR count). The zero-order chi connectivity index (χ0) is 60.0. The van der Waals surface area contributed by atoms with Crippen molar-refractivity contribution in [3.8, 4) is 0 Å². The number of carbonyl (C=O) groups is 9. The Morgan fingerprint density at radius 1 is 0.513 bits per heavy atom. The number of nitrogens with one attached hydrogen (secondary N) is 4. The first kappa shape index (κ1) is 69.7. The third kappa shape index (κ3) is 19.4. The molecule has 2 aliphatic heterocycles. The number of quaternary nitrogens is 1. The number of hydrogen-bond acceptors (Lipinski definition) is 20. The van der Waals surface area contributed by atoms with Crippen molar-refractivity contribution in [3.05, 3.63) is 0 Å². The number of carboxylic acids is 1. The minimum atomic E-state index is -1.79. The molecule has 20 atom stereocenters. The fraction of sp³-hybridized carbons (Fsp3) is 0.830. The average molecular weight is 1120 g/mol. The number of ketones is 4. The Bertz CT molecular complexity index is 2040. The van der Waals surface area contributed by atoms with Crippen LogP contribution in [0.15, 0.2) is 0 Å². The molecule has 2 fully saturated rings. The van der Waals surface area contributed by atoms with E-state index in [0.29, 0.717) is 0 Å². The van der Waals surface area contributed by atoms with Crippen LogP contribution in [0.2, 0.25) is 0 Å². The van der Waals surface area contributed by atoms with E-state index in [4.69, 9.17) is 18.9 Å². The Morgan fingerprint density at radius 2 is 0.923 bits per heavy atom. The predicted octanol–water partition coefficient (Wildman–Crippen LogP) is -3.40. The van der Waals surface area contributed by atoms with Gasteiger partial charge in [-0.2, -0.15) is 0 Å². The minimum Gasteiger partial charge on any atom is -0.548 e. The van der Waals surface area contributed by atoms with Crippen LogP contribution in [0, 0.1) is 53.3 Å². The second kappa shape index (κ2) is 31.6. The maximum absolute atomic E-state index is 13.7. The van der Waals surface area contributed by atoms with Gasteiger partial charge in [-0.3, -0.25) is 38.4 Å². The van der Waals surface area contributed by atoms with Gasteiger partial charge in [-0.25, -0.2) is 0 Å². The minimum absolute atomic E-state index is 0.288. The third-order valence-corrected chi connectivity index (χ3v) is 15.0. The zero-order valence-corrected chi connectivity index (χ0v) is 47.7. The van der Waals surface area contributed by atoms with Crippen molar-refractivity contribution in [1.82, 2.24) is 21.3 Å². The first-order valence-electron chi connectivity index (χ1n) is 27.0. The summed E-state index contributed by atoms with van der Waals surface area (Å²) in [5, 5.41) is 83.2. The Kier molecular flexibility index (Phi) is 28.2. The van der Waals surface area contributed by atoms with Crippen molar-refractivity contribution in [1.29, 1.82) is 0 Å². The van der Waals surface area contributed by atoms with Crippen molar-refractivity contribution in [3.63, 3.8) is 0 Å². The summed E-state index contributed by atoms with van der Waals surface area (Å²) in [5.74, 6) is -12.1. The molecule has 0 radical (unpaired) electrons. The van der Waals surface area contributed by atoms with E-state index >= 15 is 0 Å². The van der Waals surface area contributed by atoms with Crippen molar-refractivity contribution in [2.45, 2.75) is 214 Å². The van der Waals surface area contributed by atoms with E-state index in [9.17, 15) is 78.9 Å². The molecule has 0 aromatic rings. The number of ether oxygens (including phenoxy) is 4. The van der Waals surface area contributed by atoms with Crippen molar-refractivity contribution >= 4 is 52.7 Å². The first-order valence-corrected chi connectivity index (χ1v) is 27.0. The number of amides is 4. The summed E-state index contributed by atoms with van der Waals surface area (Å²) in [7, 11) is 0. The van der Waals surface area contributed by atoms with Gasteiger partial charge < -0.3 is 86.5 Å². The lowest BCUT2D eigenvalue weighted by Crippen LogP contribution is -2.71. The van der Waals surface area contributed by atoms with Gasteiger partial charge in [0.2, 0.25) is 23.6 Å². The Balaban J connectivity index is 2.03. The summed E-state index contributed by atoms with van der Waals surface area (Å²) in [6.07, 6.45) is -15.7. The number of aliphatic hydroxyl groups excluding tert-OH is 6. The van der Waals surface area contributed by atoms with Gasteiger partial charge in [0.25, 0.3) is 0 Å². The molecule has 2 heterocycles. The molecule has 0 aromatic heterocycles. The molecule has 0 aliphatic carbocycles. The number of carboxylic acid groups (broad SMARTS) is 1. The fourth-order valence-electron chi connectivity index (χ4n) is 9.13. The summed E-state index contributed by atoms with van der Waals surface area (Å²) >= 11 is 0. The van der Waals surface area contributed by atoms with E-state index in [-0.39, 0.29) is 31.6 Å². The van der Waals surface area contributed by atoms with Crippen molar-refractivity contribution in [2.24, 2.45) is 53.3 Å². The van der Waals surface area contributed by atoms with Gasteiger partial charge in [0.15, 0.2) is 41.8 Å². The third-order valence-electron chi connectivity index (χ3n) is 15.0. The topological polar surface area (TPSA) is 411 Å². The van der Waals surface area contributed by atoms with E-state index in [0.717, 1.165) is 0 Å². The van der Waals surface area contributed by atoms with Crippen molar-refractivity contribution < 1.29 is 104 Å². The molecule has 0 saturated carbocycles. The molecule has 448 valence electrons. The van der Waals surface area contributed by atoms with Crippen LogP contribution in [-0.2, 0) is 62.1 Å². The molecule has 0 bridgehead atoms. The van der Waals surface area contributed by atoms with Gasteiger partial charge in [0, 0.05) is 55.3 Å². The van der Waals surface area contributed by atoms with Crippen LogP contribution >= 0.6 is 0 Å². The summed E-state index contributed by atoms with van der Waals surface area (Å²) in [6.45, 7) is 20.9. The second-order valence-electron chi connectivity index (χ2n) is 22.7. The quantitative estimate of drug-likeness (QED) is 0.0313. The molecule has 13 N–H and O–H groups in total. The van der Waals surface area contributed by atoms with E-state index in [1.807, 2.05) is 0 Å². The number of aliphatic carboxylic acids is 1. The van der Waals surface area contributed by atoms with E-state index in [1.165, 1.54) is 34.6 Å². The Hall–Kier alpha value is -4.41. The number of carbonyl (C=O) groups excluding carboxylic acids is 9. The fourth-order valence-corrected chi connectivity index (χ4v) is 9.13. The predicted molar refractivity (Wildman–Crippen MR) is 274 cm³/mol. The molecular formula is C53H91N5O20. The van der Waals surface area contributed by atoms with Gasteiger partial charge in [-0.1, -0.05) is 69.2 Å². The lowest BCUT2D eigenvalue weighted by atomic mass is 9.84. The van der Waals surface area contributed by atoms with Crippen LogP contribution in [-0.4, -0.2) is 188 Å². The van der Waals surface area contributed by atoms with Gasteiger partial charge in [-0.05, 0) is 51.4 Å². The molecule has 2 saturated heterocycles. The monoisotopic (exact) mass is 1120 g/mol. The summed E-state index contributed by atoms with van der Waals surface area (Å²) in [6, 6.07) is -5.62. The SMILES string of the molecule is CC(CC(=O)[C@H](C)NC(=O)C(CC(=O)[C@@H]([NH3+])C(C)O[C@H]1OC(CO)[C@H](O)[C@H](O[C@@H]2OC(CO)[C@H](O)[C@H](O)C2O)C1C)C(C)C)C(=O)N[C@@H](C)C(=O)CC(C(=O)N[C@H](C(=O)CC(C(=O)N[C@@H](C)C(=O)[O-])C(C)C)C(C)C)C(C)C. The number of hydrogen-bond donors (Lipinski definition) is 11. The molecule has 25 heteroatoms. The summed E-state index contributed by atoms with van der Waals surface area (Å²) < 4.78 is 23.2. The van der Waals surface area contributed by atoms with Crippen LogP contribution in [0.25, 0.3) is 0 Å². The van der Waals surface area contributed by atoms with E-state index in [1.54, 1.807) is 62.3 Å². The molecule has 0 spiro atoms. The highest BCUT2D eigenvalue weighted by Gasteiger charge is 2.51. The zero-order valence-electron chi connectivity index (χ0n) is 47.7. The molecule has 9 unspecified atom stereocenters. The van der Waals surface area contributed by atoms with E-state index in [2.05, 4.69) is 27.0 Å². The summed E-state index contributed by atoms with van der Waals surface area (Å²) in [4.78, 5) is 119. The maximum Gasteiger partial charge on any atom is 0.224 e. The number of Topliss-reactive ketones (excluding diaryl/α,β-unsaturated/α-hetero) is 4. The molecule has 2 aliphatic rings. The normalized spacial score (nSPS) is 27.6. The lowest BCUT2D eigenvalue weighted by molar-refractivity contribution is -0.432. The highest BCUT2D eigenvalue weighted by Crippen LogP contribution is 2.34. The smallest absolute Gasteiger partial charge is 0.224 e. The van der Waals surface area contributed by atoms with Crippen LogP contribution in [0.1, 0.15) is 123 Å². The molecule has 0 aromatic carbocycles. The second-order valence-corrected chi connectivity index (χ2v) is 22.7. The highest BCUT2D eigenvalue weighted by molar-refractivity contribution is 5.97. The Labute approximate surface area is 457 Å². The molecule has 78 heavy (non-hydrogen) atoms. The molecular weight excluding hydrogens is 1030 g/mol. The van der Waals surface area contributed by atoms with Crippen molar-refractivity contribution in [2.75, 3.05) is 13.2 Å². The number of aliphatic hydroxyl groups is 6. The number of rotatable bonds is 32. The standard InChI is InChI=1S/C53H91N5O20/c1-21(2)31(50(72)58-41(24(7)8)37(64)18-33(23(5)6)49(71)57-29(13)51(73)74)16-35(62)28(12)55-47(69)25(9)15-34(61)27(11)56-48(70)32(22(3)4)17-36(63)40(54)30(14)75-52-26(10)46(43(66)39(20-60)76-52)78-53-45(68)44(67)42(65)38(19-59)77-53/h21-33,38-46,52-53,59-60,65-68H,15-20,54H2,1-14H3,(H,55,69)(H,56,70)(H,57,71)(H,58,72)(H,73,74)/t25?,26?,27-,28-,29-,30?,31?,32?,33?,38?,39?,40-,41-,42-,43-,44-,45?,46+,52-,53-/m0/s1. The lowest BCUT2D eigenvalue weighted by Gasteiger charge is -2.47. The average Bonchev–Trinajstić information content (AvgIpc) is 3.36. The van der Waals surface area contributed by atoms with Gasteiger partial charge in [0.05, 0.1) is 49.5 Å². The van der Waals surface area contributed by atoms with Crippen LogP contribution < -0.4 is 32.1 Å². The highest BCUT2D eigenvalue weighted by atomic mass is 16.7. The van der Waals surface area contributed by atoms with E-state index < -0.39 is 205 Å². The van der Waals surface area contributed by atoms with Crippen LogP contribution in [0.4, 0.5) is 0 Å².